The fourth-order valence-corrected chi connectivity index (χ4v) is 6.63. The van der Waals surface area contributed by atoms with E-state index >= 15 is 0 Å². The van der Waals surface area contributed by atoms with Gasteiger partial charge in [0.2, 0.25) is 0 Å². The summed E-state index contributed by atoms with van der Waals surface area (Å²) in [5, 5.41) is 9.55. The lowest BCUT2D eigenvalue weighted by molar-refractivity contribution is -0.0204. The third-order valence-electron chi connectivity index (χ3n) is 8.35. The van der Waals surface area contributed by atoms with Gasteiger partial charge in [0.05, 0.1) is 18.3 Å². The van der Waals surface area contributed by atoms with Crippen molar-refractivity contribution in [3.8, 4) is 23.3 Å². The Labute approximate surface area is 186 Å². The van der Waals surface area contributed by atoms with Crippen LogP contribution in [0.3, 0.4) is 0 Å². The third kappa shape index (κ3) is 2.25. The standard InChI is InChI=1S/C25H25N5O2/c1-28-23-18(27-24(28)19-6-5-17(11-26)30(19)16-3-4-16)8-14(10-21(23)32-2)25(31)29-12-15-7-13-9-20(29)22(13)15/h5-6,8,10,13,15-16,20,22H,3-4,7,9,12H2,1-2H3/t13?,15-,20-,22-/m1/s1. The number of fused-ring (bicyclic) bond motifs is 1. The molecule has 7 rings (SSSR count). The molecule has 32 heavy (non-hydrogen) atoms. The van der Waals surface area contributed by atoms with Crippen LogP contribution in [0.1, 0.15) is 47.8 Å². The van der Waals surface area contributed by atoms with Crippen molar-refractivity contribution in [3.05, 3.63) is 35.5 Å². The maximum Gasteiger partial charge on any atom is 0.254 e. The van der Waals surface area contributed by atoms with Gasteiger partial charge >= 0.3 is 0 Å². The first-order valence-electron chi connectivity index (χ1n) is 11.6. The molecule has 0 spiro atoms. The molecule has 4 aliphatic rings. The van der Waals surface area contributed by atoms with Crippen molar-refractivity contribution in [2.45, 2.75) is 37.8 Å². The molecule has 1 unspecified atom stereocenters. The number of rotatable bonds is 4. The molecule has 1 aromatic carbocycles. The van der Waals surface area contributed by atoms with Crippen LogP contribution in [0.2, 0.25) is 0 Å². The largest absolute Gasteiger partial charge is 0.494 e. The number of nitriles is 1. The second kappa shape index (κ2) is 6.16. The van der Waals surface area contributed by atoms with Gasteiger partial charge in [-0.15, -0.1) is 0 Å². The Hall–Kier alpha value is -3.27. The van der Waals surface area contributed by atoms with Crippen molar-refractivity contribution >= 4 is 16.9 Å². The number of amides is 1. The number of hydrogen-bond donors (Lipinski definition) is 0. The highest BCUT2D eigenvalue weighted by Gasteiger charge is 2.61. The Morgan fingerprint density at radius 1 is 1.22 bits per heavy atom. The highest BCUT2D eigenvalue weighted by atomic mass is 16.5. The average Bonchev–Trinajstić information content (AvgIpc) is 3.45. The lowest BCUT2D eigenvalue weighted by Gasteiger charge is -2.52. The van der Waals surface area contributed by atoms with Crippen molar-refractivity contribution in [2.24, 2.45) is 24.8 Å². The van der Waals surface area contributed by atoms with Crippen LogP contribution < -0.4 is 4.74 Å². The number of aromatic nitrogens is 3. The highest BCUT2D eigenvalue weighted by molar-refractivity contribution is 6.00. The van der Waals surface area contributed by atoms with E-state index in [0.717, 1.165) is 53.8 Å². The normalized spacial score (nSPS) is 27.6. The molecule has 162 valence electrons. The van der Waals surface area contributed by atoms with Crippen LogP contribution in [0.5, 0.6) is 5.75 Å². The number of nitrogens with zero attached hydrogens (tertiary/aromatic N) is 5. The van der Waals surface area contributed by atoms with E-state index in [4.69, 9.17) is 9.72 Å². The Bertz CT molecular complexity index is 1340. The molecule has 1 aliphatic heterocycles. The first-order valence-corrected chi connectivity index (χ1v) is 11.6. The minimum absolute atomic E-state index is 0.100. The quantitative estimate of drug-likeness (QED) is 0.636. The number of imidazole rings is 1. The van der Waals surface area contributed by atoms with E-state index in [1.807, 2.05) is 35.9 Å². The van der Waals surface area contributed by atoms with Gasteiger partial charge in [-0.2, -0.15) is 5.26 Å². The summed E-state index contributed by atoms with van der Waals surface area (Å²) in [5.41, 5.74) is 3.88. The van der Waals surface area contributed by atoms with E-state index in [9.17, 15) is 10.1 Å². The lowest BCUT2D eigenvalue weighted by Crippen LogP contribution is -2.53. The predicted molar refractivity (Wildman–Crippen MR) is 118 cm³/mol. The molecule has 7 nitrogen and oxygen atoms in total. The highest BCUT2D eigenvalue weighted by Crippen LogP contribution is 2.60. The monoisotopic (exact) mass is 427 g/mol. The zero-order valence-corrected chi connectivity index (χ0v) is 18.3. The molecule has 2 aromatic heterocycles. The van der Waals surface area contributed by atoms with Crippen LogP contribution in [0.15, 0.2) is 24.3 Å². The number of hydrogen-bond acceptors (Lipinski definition) is 4. The zero-order chi connectivity index (χ0) is 21.7. The molecule has 1 saturated heterocycles. The topological polar surface area (TPSA) is 76.1 Å². The van der Waals surface area contributed by atoms with E-state index in [-0.39, 0.29) is 5.91 Å². The molecule has 4 atom stereocenters. The SMILES string of the molecule is COc1cc(C(=O)N2C[C@H]3CC4C[C@@H]2[C@H]43)cc2nc(-c3ccc(C#N)n3C3CC3)n(C)c12. The van der Waals surface area contributed by atoms with E-state index in [1.165, 1.54) is 12.8 Å². The van der Waals surface area contributed by atoms with Crippen LogP contribution in [-0.4, -0.2) is 44.6 Å². The second-order valence-corrected chi connectivity index (χ2v) is 9.95. The average molecular weight is 428 g/mol. The van der Waals surface area contributed by atoms with Crippen LogP contribution in [0.4, 0.5) is 0 Å². The van der Waals surface area contributed by atoms with Crippen molar-refractivity contribution in [2.75, 3.05) is 13.7 Å². The van der Waals surface area contributed by atoms with Gasteiger partial charge in [-0.05, 0) is 67.7 Å². The Balaban J connectivity index is 1.33. The Kier molecular flexibility index (Phi) is 3.52. The minimum atomic E-state index is 0.100. The summed E-state index contributed by atoms with van der Waals surface area (Å²) in [7, 11) is 3.61. The molecule has 3 heterocycles. The van der Waals surface area contributed by atoms with Crippen LogP contribution >= 0.6 is 0 Å². The fraction of sp³-hybridized carbons (Fsp3) is 0.480. The van der Waals surface area contributed by atoms with Gasteiger partial charge < -0.3 is 18.8 Å². The lowest BCUT2D eigenvalue weighted by atomic mass is 9.53. The Morgan fingerprint density at radius 3 is 2.75 bits per heavy atom. The predicted octanol–water partition coefficient (Wildman–Crippen LogP) is 3.74. The molecule has 3 aromatic rings. The molecular formula is C25H25N5O2. The van der Waals surface area contributed by atoms with Crippen molar-refractivity contribution in [1.82, 2.24) is 19.0 Å². The van der Waals surface area contributed by atoms with E-state index in [1.54, 1.807) is 7.11 Å². The maximum absolute atomic E-state index is 13.5. The van der Waals surface area contributed by atoms with Gasteiger partial charge in [0.15, 0.2) is 5.82 Å². The van der Waals surface area contributed by atoms with Gasteiger partial charge in [-0.25, -0.2) is 4.98 Å². The molecular weight excluding hydrogens is 402 g/mol. The van der Waals surface area contributed by atoms with Crippen molar-refractivity contribution < 1.29 is 9.53 Å². The summed E-state index contributed by atoms with van der Waals surface area (Å²) in [6, 6.07) is 10.7. The number of carbonyl (C=O) groups is 1. The van der Waals surface area contributed by atoms with Gasteiger partial charge in [-0.1, -0.05) is 0 Å². The summed E-state index contributed by atoms with van der Waals surface area (Å²) in [6.07, 6.45) is 4.63. The summed E-state index contributed by atoms with van der Waals surface area (Å²) >= 11 is 0. The van der Waals surface area contributed by atoms with Crippen LogP contribution in [0.25, 0.3) is 22.6 Å². The molecule has 1 amide bonds. The maximum atomic E-state index is 13.5. The summed E-state index contributed by atoms with van der Waals surface area (Å²) < 4.78 is 9.85. The zero-order valence-electron chi connectivity index (χ0n) is 18.3. The van der Waals surface area contributed by atoms with Crippen LogP contribution in [0, 0.1) is 29.1 Å². The van der Waals surface area contributed by atoms with E-state index in [0.29, 0.717) is 35.0 Å². The Morgan fingerprint density at radius 2 is 2.06 bits per heavy atom. The number of methoxy groups -OCH3 is 1. The number of benzene rings is 1. The molecule has 3 aliphatic carbocycles. The number of likely N-dealkylation sites (tertiary alicyclic amines) is 1. The molecule has 0 bridgehead atoms. The van der Waals surface area contributed by atoms with Gasteiger partial charge in [-0.3, -0.25) is 4.79 Å². The summed E-state index contributed by atoms with van der Waals surface area (Å²) in [6.45, 7) is 0.893. The smallest absolute Gasteiger partial charge is 0.254 e. The number of carbonyl (C=O) groups excluding carboxylic acids is 1. The van der Waals surface area contributed by atoms with Crippen LogP contribution in [-0.2, 0) is 7.05 Å². The van der Waals surface area contributed by atoms with Crippen molar-refractivity contribution in [3.63, 3.8) is 0 Å². The molecule has 0 radical (unpaired) electrons. The summed E-state index contributed by atoms with van der Waals surface area (Å²) in [5.74, 6) is 3.86. The third-order valence-corrected chi connectivity index (χ3v) is 8.35. The van der Waals surface area contributed by atoms with Crippen molar-refractivity contribution in [1.29, 1.82) is 5.26 Å². The summed E-state index contributed by atoms with van der Waals surface area (Å²) in [4.78, 5) is 20.5. The van der Waals surface area contributed by atoms with E-state index < -0.39 is 0 Å². The van der Waals surface area contributed by atoms with E-state index in [2.05, 4.69) is 15.5 Å². The first kappa shape index (κ1) is 18.3. The molecule has 3 saturated carbocycles. The molecule has 0 N–H and O–H groups in total. The van der Waals surface area contributed by atoms with Gasteiger partial charge in [0, 0.05) is 31.2 Å². The number of ether oxygens (including phenoxy) is 1. The first-order chi connectivity index (χ1) is 15.6. The molecule has 7 heteroatoms. The second-order valence-electron chi connectivity index (χ2n) is 9.95. The number of aryl methyl sites for hydroxylation is 1. The van der Waals surface area contributed by atoms with Gasteiger partial charge in [0.1, 0.15) is 23.0 Å². The minimum Gasteiger partial charge on any atom is -0.494 e. The van der Waals surface area contributed by atoms with Gasteiger partial charge in [0.25, 0.3) is 5.91 Å². The fourth-order valence-electron chi connectivity index (χ4n) is 6.63. The molecule has 4 fully saturated rings.